The van der Waals surface area contributed by atoms with Crippen molar-refractivity contribution >= 4 is 35.0 Å². The Hall–Kier alpha value is 0.630. The fourth-order valence-corrected chi connectivity index (χ4v) is 1.54. The minimum Gasteiger partial charge on any atom is -0.327 e. The first-order chi connectivity index (χ1) is 4.66. The van der Waals surface area contributed by atoms with Gasteiger partial charge in [0, 0.05) is 28.1 Å². The van der Waals surface area contributed by atoms with Gasteiger partial charge in [-0.3, -0.25) is 0 Å². The topological polar surface area (TPSA) is 26.0 Å². The van der Waals surface area contributed by atoms with E-state index in [0.29, 0.717) is 5.03 Å². The van der Waals surface area contributed by atoms with Crippen molar-refractivity contribution in [2.75, 3.05) is 11.5 Å². The number of rotatable bonds is 4. The molecule has 0 bridgehead atoms. The van der Waals surface area contributed by atoms with Crippen molar-refractivity contribution in [1.29, 1.82) is 0 Å². The summed E-state index contributed by atoms with van der Waals surface area (Å²) in [6, 6.07) is 0.227. The van der Waals surface area contributed by atoms with Gasteiger partial charge in [0.15, 0.2) is 0 Å². The van der Waals surface area contributed by atoms with Crippen molar-refractivity contribution in [3.63, 3.8) is 0 Å². The van der Waals surface area contributed by atoms with Gasteiger partial charge in [0.25, 0.3) is 0 Å². The Bertz CT molecular complexity index is 114. The molecule has 0 aliphatic heterocycles. The lowest BCUT2D eigenvalue weighted by Crippen LogP contribution is -2.17. The van der Waals surface area contributed by atoms with E-state index < -0.39 is 0 Å². The predicted molar refractivity (Wildman–Crippen MR) is 50.8 cm³/mol. The molecule has 1 nitrogen and oxygen atoms in total. The zero-order valence-electron chi connectivity index (χ0n) is 5.81. The van der Waals surface area contributed by atoms with E-state index in [1.54, 1.807) is 11.8 Å². The average molecular weight is 200 g/mol. The van der Waals surface area contributed by atoms with Crippen LogP contribution in [0, 0.1) is 0 Å². The third-order valence-corrected chi connectivity index (χ3v) is 2.79. The first kappa shape index (κ1) is 10.6. The highest BCUT2D eigenvalue weighted by molar-refractivity contribution is 7.99. The highest BCUT2D eigenvalue weighted by atomic mass is 35.5. The van der Waals surface area contributed by atoms with Crippen LogP contribution in [0.5, 0.6) is 0 Å². The first-order valence-electron chi connectivity index (χ1n) is 2.95. The van der Waals surface area contributed by atoms with Crippen molar-refractivity contribution in [1.82, 2.24) is 0 Å². The van der Waals surface area contributed by atoms with Gasteiger partial charge < -0.3 is 5.73 Å². The molecule has 1 atom stereocenters. The van der Waals surface area contributed by atoms with Crippen LogP contribution in [0.4, 0.5) is 0 Å². The van der Waals surface area contributed by atoms with Crippen LogP contribution in [0.3, 0.4) is 0 Å². The third-order valence-electron chi connectivity index (χ3n) is 0.739. The highest BCUT2D eigenvalue weighted by Gasteiger charge is 1.95. The molecular formula is C6H11Cl2NS. The molecule has 0 heterocycles. The molecule has 0 aromatic carbocycles. The Morgan fingerprint density at radius 3 is 2.80 bits per heavy atom. The van der Waals surface area contributed by atoms with E-state index in [2.05, 4.69) is 0 Å². The molecule has 0 rings (SSSR count). The molecule has 60 valence electrons. The average Bonchev–Trinajstić information content (AvgIpc) is 1.87. The number of nitrogens with two attached hydrogens (primary N) is 1. The van der Waals surface area contributed by atoms with Crippen molar-refractivity contribution in [3.8, 4) is 0 Å². The molecule has 0 aromatic heterocycles. The molecule has 0 fully saturated rings. The number of thioether (sulfide) groups is 1. The van der Waals surface area contributed by atoms with Gasteiger partial charge in [-0.05, 0) is 6.92 Å². The zero-order chi connectivity index (χ0) is 7.98. The quantitative estimate of drug-likeness (QED) is 0.753. The maximum absolute atomic E-state index is 5.62. The normalized spacial score (nSPS) is 15.4. The molecule has 0 amide bonds. The molecule has 10 heavy (non-hydrogen) atoms. The van der Waals surface area contributed by atoms with E-state index in [9.17, 15) is 0 Å². The second kappa shape index (κ2) is 6.35. The lowest BCUT2D eigenvalue weighted by Gasteiger charge is -2.02. The summed E-state index contributed by atoms with van der Waals surface area (Å²) in [6.07, 6.45) is 0. The number of halogens is 2. The SMILES string of the molecule is CC(N)CSCC(Cl)=CCl. The Kier molecular flexibility index (Phi) is 6.75. The van der Waals surface area contributed by atoms with Crippen LogP contribution < -0.4 is 5.73 Å². The second-order valence-corrected chi connectivity index (χ2v) is 3.78. The fraction of sp³-hybridized carbons (Fsp3) is 0.667. The van der Waals surface area contributed by atoms with E-state index in [1.165, 1.54) is 5.54 Å². The van der Waals surface area contributed by atoms with E-state index in [-0.39, 0.29) is 6.04 Å². The van der Waals surface area contributed by atoms with Gasteiger partial charge in [0.2, 0.25) is 0 Å². The molecular weight excluding hydrogens is 189 g/mol. The van der Waals surface area contributed by atoms with E-state index in [1.807, 2.05) is 6.92 Å². The van der Waals surface area contributed by atoms with Gasteiger partial charge >= 0.3 is 0 Å². The summed E-state index contributed by atoms with van der Waals surface area (Å²) in [5, 5.41) is 0.673. The lowest BCUT2D eigenvalue weighted by atomic mass is 10.4. The van der Waals surface area contributed by atoms with Gasteiger partial charge in [0.05, 0.1) is 0 Å². The first-order valence-corrected chi connectivity index (χ1v) is 4.91. The predicted octanol–water partition coefficient (Wildman–Crippen LogP) is 2.39. The summed E-state index contributed by atoms with van der Waals surface area (Å²) >= 11 is 12.6. The van der Waals surface area contributed by atoms with Crippen molar-refractivity contribution in [3.05, 3.63) is 10.6 Å². The molecule has 0 saturated heterocycles. The summed E-state index contributed by atoms with van der Waals surface area (Å²) < 4.78 is 0. The second-order valence-electron chi connectivity index (χ2n) is 2.05. The van der Waals surface area contributed by atoms with Gasteiger partial charge in [-0.15, -0.1) is 0 Å². The molecule has 1 unspecified atom stereocenters. The van der Waals surface area contributed by atoms with Crippen molar-refractivity contribution in [2.24, 2.45) is 5.73 Å². The summed E-state index contributed by atoms with van der Waals surface area (Å²) in [7, 11) is 0. The number of hydrogen-bond acceptors (Lipinski definition) is 2. The van der Waals surface area contributed by atoms with Crippen LogP contribution in [-0.4, -0.2) is 17.5 Å². The molecule has 0 aliphatic carbocycles. The Morgan fingerprint density at radius 1 is 1.80 bits per heavy atom. The standard InChI is InChI=1S/C6H11Cl2NS/c1-5(9)3-10-4-6(8)2-7/h2,5H,3-4,9H2,1H3. The smallest absolute Gasteiger partial charge is 0.0392 e. The third kappa shape index (κ3) is 6.75. The van der Waals surface area contributed by atoms with E-state index in [4.69, 9.17) is 28.9 Å². The van der Waals surface area contributed by atoms with Crippen LogP contribution in [-0.2, 0) is 0 Å². The van der Waals surface area contributed by atoms with Crippen LogP contribution in [0.1, 0.15) is 6.92 Å². The Balaban J connectivity index is 3.20. The Morgan fingerprint density at radius 2 is 2.40 bits per heavy atom. The summed E-state index contributed by atoms with van der Waals surface area (Å²) in [5.74, 6) is 1.67. The van der Waals surface area contributed by atoms with Crippen molar-refractivity contribution in [2.45, 2.75) is 13.0 Å². The Labute approximate surface area is 75.9 Å². The molecule has 0 aliphatic rings. The molecule has 4 heteroatoms. The van der Waals surface area contributed by atoms with Gasteiger partial charge in [-0.2, -0.15) is 11.8 Å². The molecule has 0 saturated carbocycles. The lowest BCUT2D eigenvalue weighted by molar-refractivity contribution is 0.848. The highest BCUT2D eigenvalue weighted by Crippen LogP contribution is 2.12. The van der Waals surface area contributed by atoms with Crippen LogP contribution in [0.25, 0.3) is 0 Å². The van der Waals surface area contributed by atoms with E-state index in [0.717, 1.165) is 11.5 Å². The molecule has 0 spiro atoms. The minimum atomic E-state index is 0.227. The van der Waals surface area contributed by atoms with Gasteiger partial charge in [-0.25, -0.2) is 0 Å². The van der Waals surface area contributed by atoms with Gasteiger partial charge in [0.1, 0.15) is 0 Å². The minimum absolute atomic E-state index is 0.227. The van der Waals surface area contributed by atoms with Crippen LogP contribution in [0.15, 0.2) is 10.6 Å². The molecule has 2 N–H and O–H groups in total. The maximum atomic E-state index is 5.62. The summed E-state index contributed by atoms with van der Waals surface area (Å²) in [6.45, 7) is 1.96. The number of hydrogen-bond donors (Lipinski definition) is 1. The van der Waals surface area contributed by atoms with Crippen LogP contribution in [0.2, 0.25) is 0 Å². The zero-order valence-corrected chi connectivity index (χ0v) is 8.14. The monoisotopic (exact) mass is 199 g/mol. The fourth-order valence-electron chi connectivity index (χ4n) is 0.374. The van der Waals surface area contributed by atoms with Crippen LogP contribution >= 0.6 is 35.0 Å². The summed E-state index contributed by atoms with van der Waals surface area (Å²) in [5.41, 5.74) is 6.89. The largest absolute Gasteiger partial charge is 0.327 e. The summed E-state index contributed by atoms with van der Waals surface area (Å²) in [4.78, 5) is 0. The molecule has 0 aromatic rings. The molecule has 0 radical (unpaired) electrons. The van der Waals surface area contributed by atoms with Crippen molar-refractivity contribution < 1.29 is 0 Å². The maximum Gasteiger partial charge on any atom is 0.0392 e. The van der Waals surface area contributed by atoms with Gasteiger partial charge in [-0.1, -0.05) is 23.2 Å². The van der Waals surface area contributed by atoms with E-state index >= 15 is 0 Å².